The normalized spacial score (nSPS) is 15.2. The fraction of sp³-hybridized carbons (Fsp3) is 0.286. The molecule has 0 aliphatic carbocycles. The minimum absolute atomic E-state index is 0.00924. The standard InChI is InChI=1S/C28H28Cl2N6O2S2/c29-21-5-4-17(10-22(21)30)13-36-8-6-20(7-9-36)34-25(37)15-40-28-35-24(14-39-28)18-2-1-3-19(11-18)26(27(31)38)23-12-32-16-33-23/h1-5,10-12,14,16,20,26H,6-9,13,15H2,(H2,31,38)(H,32,33)(H,34,37). The molecule has 0 spiro atoms. The topological polar surface area (TPSA) is 117 Å². The van der Waals surface area contributed by atoms with Crippen LogP contribution in [-0.4, -0.2) is 56.6 Å². The van der Waals surface area contributed by atoms with Crippen LogP contribution in [0.25, 0.3) is 11.3 Å². The molecule has 208 valence electrons. The molecule has 1 atom stereocenters. The molecule has 1 unspecified atom stereocenters. The first-order valence-corrected chi connectivity index (χ1v) is 15.4. The molecule has 1 fully saturated rings. The van der Waals surface area contributed by atoms with Crippen LogP contribution >= 0.6 is 46.3 Å². The Morgan fingerprint density at radius 3 is 2.73 bits per heavy atom. The number of hydrogen-bond donors (Lipinski definition) is 3. The maximum Gasteiger partial charge on any atom is 0.231 e. The van der Waals surface area contributed by atoms with Gasteiger partial charge in [-0.2, -0.15) is 0 Å². The summed E-state index contributed by atoms with van der Waals surface area (Å²) in [5, 5.41) is 6.26. The number of thioether (sulfide) groups is 1. The van der Waals surface area contributed by atoms with E-state index in [-0.39, 0.29) is 11.9 Å². The molecule has 4 N–H and O–H groups in total. The van der Waals surface area contributed by atoms with Gasteiger partial charge in [0.05, 0.1) is 33.5 Å². The zero-order valence-corrected chi connectivity index (χ0v) is 24.6. The number of likely N-dealkylation sites (tertiary alicyclic amines) is 1. The summed E-state index contributed by atoms with van der Waals surface area (Å²) in [4.78, 5) is 39.0. The lowest BCUT2D eigenvalue weighted by molar-refractivity contribution is -0.120. The van der Waals surface area contributed by atoms with E-state index >= 15 is 0 Å². The number of piperidine rings is 1. The highest BCUT2D eigenvalue weighted by atomic mass is 35.5. The second-order valence-electron chi connectivity index (χ2n) is 9.61. The van der Waals surface area contributed by atoms with Crippen molar-refractivity contribution in [3.05, 3.63) is 87.2 Å². The van der Waals surface area contributed by atoms with Gasteiger partial charge >= 0.3 is 0 Å². The number of H-pyrrole nitrogens is 1. The molecular weight excluding hydrogens is 587 g/mol. The van der Waals surface area contributed by atoms with Gasteiger partial charge in [0.25, 0.3) is 0 Å². The van der Waals surface area contributed by atoms with Gasteiger partial charge in [-0.25, -0.2) is 9.97 Å². The predicted octanol–water partition coefficient (Wildman–Crippen LogP) is 5.33. The van der Waals surface area contributed by atoms with Gasteiger partial charge in [-0.05, 0) is 42.2 Å². The van der Waals surface area contributed by atoms with Gasteiger partial charge in [-0.15, -0.1) is 11.3 Å². The van der Waals surface area contributed by atoms with Crippen molar-refractivity contribution >= 4 is 58.1 Å². The van der Waals surface area contributed by atoms with Crippen LogP contribution in [0.1, 0.15) is 35.6 Å². The number of rotatable bonds is 10. The van der Waals surface area contributed by atoms with Crippen molar-refractivity contribution in [1.82, 2.24) is 25.2 Å². The van der Waals surface area contributed by atoms with Gasteiger partial charge in [0.1, 0.15) is 5.92 Å². The first kappa shape index (κ1) is 28.6. The summed E-state index contributed by atoms with van der Waals surface area (Å²) in [7, 11) is 0. The van der Waals surface area contributed by atoms with E-state index in [0.29, 0.717) is 21.5 Å². The minimum Gasteiger partial charge on any atom is -0.369 e. The predicted molar refractivity (Wildman–Crippen MR) is 161 cm³/mol. The van der Waals surface area contributed by atoms with Gasteiger partial charge in [0, 0.05) is 42.8 Å². The number of hydrogen-bond acceptors (Lipinski definition) is 7. The molecule has 40 heavy (non-hydrogen) atoms. The summed E-state index contributed by atoms with van der Waals surface area (Å²) in [5.74, 6) is -0.804. The highest BCUT2D eigenvalue weighted by molar-refractivity contribution is 8.01. The van der Waals surface area contributed by atoms with Crippen LogP contribution in [0.5, 0.6) is 0 Å². The smallest absolute Gasteiger partial charge is 0.231 e. The van der Waals surface area contributed by atoms with Crippen molar-refractivity contribution in [3.63, 3.8) is 0 Å². The first-order valence-electron chi connectivity index (χ1n) is 12.8. The number of thiazole rings is 1. The van der Waals surface area contributed by atoms with E-state index in [1.54, 1.807) is 6.20 Å². The number of halogens is 2. The number of carbonyl (C=O) groups excluding carboxylic acids is 2. The summed E-state index contributed by atoms with van der Waals surface area (Å²) in [6.07, 6.45) is 5.00. The largest absolute Gasteiger partial charge is 0.369 e. The molecule has 8 nitrogen and oxygen atoms in total. The number of aromatic amines is 1. The second kappa shape index (κ2) is 13.2. The number of nitrogens with zero attached hydrogens (tertiary/aromatic N) is 3. The molecular formula is C28H28Cl2N6O2S2. The number of benzene rings is 2. The highest BCUT2D eigenvalue weighted by Gasteiger charge is 2.23. The van der Waals surface area contributed by atoms with Crippen LogP contribution in [0.3, 0.4) is 0 Å². The molecule has 12 heteroatoms. The zero-order valence-electron chi connectivity index (χ0n) is 21.5. The van der Waals surface area contributed by atoms with Crippen molar-refractivity contribution in [2.24, 2.45) is 5.73 Å². The van der Waals surface area contributed by atoms with Crippen molar-refractivity contribution in [2.45, 2.75) is 35.7 Å². The molecule has 1 aliphatic heterocycles. The Labute approximate surface area is 250 Å². The number of nitrogens with two attached hydrogens (primary N) is 1. The third-order valence-corrected chi connectivity index (χ3v) is 9.53. The lowest BCUT2D eigenvalue weighted by atomic mass is 9.93. The summed E-state index contributed by atoms with van der Waals surface area (Å²) in [5.41, 5.74) is 9.79. The number of nitrogens with one attached hydrogen (secondary N) is 2. The number of aromatic nitrogens is 3. The van der Waals surface area contributed by atoms with E-state index in [0.717, 1.165) is 59.2 Å². The number of amides is 2. The molecule has 0 saturated carbocycles. The molecule has 3 heterocycles. The van der Waals surface area contributed by atoms with Crippen LogP contribution in [-0.2, 0) is 16.1 Å². The lowest BCUT2D eigenvalue weighted by Crippen LogP contribution is -2.44. The van der Waals surface area contributed by atoms with E-state index in [4.69, 9.17) is 33.9 Å². The fourth-order valence-electron chi connectivity index (χ4n) is 4.77. The maximum absolute atomic E-state index is 12.7. The summed E-state index contributed by atoms with van der Waals surface area (Å²) < 4.78 is 0.811. The molecule has 0 radical (unpaired) electrons. The third-order valence-electron chi connectivity index (χ3n) is 6.77. The molecule has 2 aromatic heterocycles. The van der Waals surface area contributed by atoms with E-state index < -0.39 is 11.8 Å². The van der Waals surface area contributed by atoms with E-state index in [1.807, 2.05) is 47.8 Å². The van der Waals surface area contributed by atoms with Gasteiger partial charge in [-0.1, -0.05) is 59.2 Å². The van der Waals surface area contributed by atoms with E-state index in [9.17, 15) is 9.59 Å². The molecule has 1 aliphatic rings. The number of imidazole rings is 1. The van der Waals surface area contributed by atoms with Crippen molar-refractivity contribution in [2.75, 3.05) is 18.8 Å². The van der Waals surface area contributed by atoms with Crippen LogP contribution < -0.4 is 11.1 Å². The van der Waals surface area contributed by atoms with E-state index in [1.165, 1.54) is 29.4 Å². The second-order valence-corrected chi connectivity index (χ2v) is 12.5. The molecule has 2 amide bonds. The molecule has 2 aromatic carbocycles. The fourth-order valence-corrected chi connectivity index (χ4v) is 6.74. The minimum atomic E-state index is -0.648. The monoisotopic (exact) mass is 614 g/mol. The molecule has 5 rings (SSSR count). The Morgan fingerprint density at radius 1 is 1.18 bits per heavy atom. The molecule has 0 bridgehead atoms. The van der Waals surface area contributed by atoms with Crippen LogP contribution in [0, 0.1) is 0 Å². The van der Waals surface area contributed by atoms with Crippen LogP contribution in [0.2, 0.25) is 10.0 Å². The average molecular weight is 616 g/mol. The summed E-state index contributed by atoms with van der Waals surface area (Å²) >= 11 is 15.1. The molecule has 1 saturated heterocycles. The Balaban J connectivity index is 1.10. The average Bonchev–Trinajstić information content (AvgIpc) is 3.64. The van der Waals surface area contributed by atoms with E-state index in [2.05, 4.69) is 20.2 Å². The molecule has 4 aromatic rings. The summed E-state index contributed by atoms with van der Waals surface area (Å²) in [6, 6.07) is 13.5. The Hall–Kier alpha value is -2.89. The van der Waals surface area contributed by atoms with Gasteiger partial charge < -0.3 is 16.0 Å². The Bertz CT molecular complexity index is 1470. The van der Waals surface area contributed by atoms with Crippen LogP contribution in [0.4, 0.5) is 0 Å². The highest BCUT2D eigenvalue weighted by Crippen LogP contribution is 2.31. The van der Waals surface area contributed by atoms with Crippen LogP contribution in [0.15, 0.2) is 64.7 Å². The number of primary amides is 1. The summed E-state index contributed by atoms with van der Waals surface area (Å²) in [6.45, 7) is 2.63. The van der Waals surface area contributed by atoms with Gasteiger partial charge in [-0.3, -0.25) is 14.5 Å². The lowest BCUT2D eigenvalue weighted by Gasteiger charge is -2.32. The Morgan fingerprint density at radius 2 is 2.00 bits per heavy atom. The quantitative estimate of drug-likeness (QED) is 0.208. The maximum atomic E-state index is 12.7. The Kier molecular flexibility index (Phi) is 9.44. The van der Waals surface area contributed by atoms with Gasteiger partial charge in [0.15, 0.2) is 4.34 Å². The van der Waals surface area contributed by atoms with Gasteiger partial charge in [0.2, 0.25) is 11.8 Å². The van der Waals surface area contributed by atoms with Crippen molar-refractivity contribution in [3.8, 4) is 11.3 Å². The number of carbonyl (C=O) groups is 2. The SMILES string of the molecule is NC(=O)C(c1cccc(-c2csc(SCC(=O)NC3CCN(Cc4ccc(Cl)c(Cl)c4)CC3)n2)c1)c1c[nH]cn1. The third kappa shape index (κ3) is 7.24. The van der Waals surface area contributed by atoms with Crippen molar-refractivity contribution in [1.29, 1.82) is 0 Å². The first-order chi connectivity index (χ1) is 19.4. The zero-order chi connectivity index (χ0) is 28.1. The van der Waals surface area contributed by atoms with Crippen molar-refractivity contribution < 1.29 is 9.59 Å².